The molecule has 1 aliphatic rings. The van der Waals surface area contributed by atoms with E-state index in [0.717, 1.165) is 43.1 Å². The molecule has 172 valence electrons. The molecule has 0 saturated carbocycles. The van der Waals surface area contributed by atoms with E-state index in [1.54, 1.807) is 31.5 Å². The van der Waals surface area contributed by atoms with Gasteiger partial charge < -0.3 is 19.1 Å². The Kier molecular flexibility index (Phi) is 7.99. The lowest BCUT2D eigenvalue weighted by Crippen LogP contribution is -2.36. The molecule has 5 nitrogen and oxygen atoms in total. The number of nitrogens with zero attached hydrogens (tertiary/aromatic N) is 2. The first-order chi connectivity index (χ1) is 16.0. The summed E-state index contributed by atoms with van der Waals surface area (Å²) in [4.78, 5) is 6.87. The summed E-state index contributed by atoms with van der Waals surface area (Å²) in [5, 5.41) is 1.40. The van der Waals surface area contributed by atoms with Crippen LogP contribution in [0.3, 0.4) is 0 Å². The van der Waals surface area contributed by atoms with Crippen LogP contribution in [-0.2, 0) is 11.3 Å². The van der Waals surface area contributed by atoms with E-state index in [2.05, 4.69) is 22.0 Å². The monoisotopic (exact) mass is 504 g/mol. The highest BCUT2D eigenvalue weighted by molar-refractivity contribution is 6.42. The quantitative estimate of drug-likeness (QED) is 0.330. The highest BCUT2D eigenvalue weighted by Crippen LogP contribution is 2.37. The first-order valence-electron chi connectivity index (χ1n) is 10.4. The van der Waals surface area contributed by atoms with Crippen molar-refractivity contribution in [3.63, 3.8) is 0 Å². The first kappa shape index (κ1) is 23.7. The Morgan fingerprint density at radius 2 is 1.70 bits per heavy atom. The Morgan fingerprint density at radius 3 is 2.39 bits per heavy atom. The Balaban J connectivity index is 1.45. The van der Waals surface area contributed by atoms with Gasteiger partial charge in [-0.1, -0.05) is 40.9 Å². The molecule has 0 aliphatic carbocycles. The van der Waals surface area contributed by atoms with Crippen molar-refractivity contribution in [2.24, 2.45) is 4.99 Å². The van der Waals surface area contributed by atoms with Gasteiger partial charge in [-0.15, -0.1) is 0 Å². The lowest BCUT2D eigenvalue weighted by Gasteiger charge is -2.28. The van der Waals surface area contributed by atoms with E-state index in [1.807, 2.05) is 24.3 Å². The molecule has 33 heavy (non-hydrogen) atoms. The van der Waals surface area contributed by atoms with Gasteiger partial charge in [0, 0.05) is 25.0 Å². The second kappa shape index (κ2) is 11.1. The molecular formula is C25H23Cl3N2O3. The molecule has 0 unspecified atom stereocenters. The maximum absolute atomic E-state index is 6.50. The summed E-state index contributed by atoms with van der Waals surface area (Å²) in [6.45, 7) is 3.60. The number of rotatable bonds is 7. The molecule has 0 amide bonds. The predicted molar refractivity (Wildman–Crippen MR) is 136 cm³/mol. The minimum Gasteiger partial charge on any atom is -0.493 e. The number of hydrogen-bond acceptors (Lipinski definition) is 5. The highest BCUT2D eigenvalue weighted by atomic mass is 35.5. The van der Waals surface area contributed by atoms with Crippen LogP contribution < -0.4 is 14.4 Å². The van der Waals surface area contributed by atoms with Gasteiger partial charge in [-0.25, -0.2) is 0 Å². The summed E-state index contributed by atoms with van der Waals surface area (Å²) >= 11 is 18.5. The predicted octanol–water partition coefficient (Wildman–Crippen LogP) is 6.82. The third kappa shape index (κ3) is 6.12. The Hall–Kier alpha value is -2.44. The largest absolute Gasteiger partial charge is 0.493 e. The van der Waals surface area contributed by atoms with Gasteiger partial charge in [0.15, 0.2) is 11.5 Å². The average Bonchev–Trinajstić information content (AvgIpc) is 2.84. The van der Waals surface area contributed by atoms with E-state index in [9.17, 15) is 0 Å². The Morgan fingerprint density at radius 1 is 0.939 bits per heavy atom. The van der Waals surface area contributed by atoms with E-state index in [1.165, 1.54) is 5.69 Å². The number of aliphatic imine (C=N–C) groups is 1. The number of halogens is 3. The van der Waals surface area contributed by atoms with Crippen LogP contribution in [0.25, 0.3) is 0 Å². The van der Waals surface area contributed by atoms with Crippen LogP contribution in [0.2, 0.25) is 15.1 Å². The molecule has 1 saturated heterocycles. The molecule has 1 heterocycles. The molecule has 1 aliphatic heterocycles. The smallest absolute Gasteiger partial charge is 0.180 e. The van der Waals surface area contributed by atoms with E-state index in [0.29, 0.717) is 26.6 Å². The molecular weight excluding hydrogens is 483 g/mol. The minimum absolute atomic E-state index is 0.274. The minimum atomic E-state index is 0.274. The number of methoxy groups -OCH3 is 1. The standard InChI is InChI=1S/C25H23Cl3N2O3/c1-31-24-14-18(13-23(28)25(24)33-16-17-2-7-21(26)22(27)12-17)15-29-19-3-5-20(6-4-19)30-8-10-32-11-9-30/h2-7,12-15H,8-11,16H2,1H3. The van der Waals surface area contributed by atoms with E-state index in [4.69, 9.17) is 49.0 Å². The summed E-state index contributed by atoms with van der Waals surface area (Å²) in [6.07, 6.45) is 1.75. The van der Waals surface area contributed by atoms with E-state index in [-0.39, 0.29) is 6.61 Å². The summed E-state index contributed by atoms with van der Waals surface area (Å²) in [5.74, 6) is 0.976. The SMILES string of the molecule is COc1cc(C=Nc2ccc(N3CCOCC3)cc2)cc(Cl)c1OCc1ccc(Cl)c(Cl)c1. The summed E-state index contributed by atoms with van der Waals surface area (Å²) in [6, 6.07) is 17.1. The normalized spacial score (nSPS) is 14.0. The molecule has 0 bridgehead atoms. The third-order valence-corrected chi connectivity index (χ3v) is 6.23. The topological polar surface area (TPSA) is 43.3 Å². The number of anilines is 1. The maximum Gasteiger partial charge on any atom is 0.180 e. The second-order valence-corrected chi connectivity index (χ2v) is 8.67. The summed E-state index contributed by atoms with van der Waals surface area (Å²) < 4.78 is 16.8. The van der Waals surface area contributed by atoms with E-state index < -0.39 is 0 Å². The third-order valence-electron chi connectivity index (χ3n) is 5.21. The molecule has 3 aromatic carbocycles. The van der Waals surface area contributed by atoms with Crippen molar-refractivity contribution in [2.45, 2.75) is 6.61 Å². The molecule has 3 aromatic rings. The van der Waals surface area contributed by atoms with Crippen molar-refractivity contribution in [1.82, 2.24) is 0 Å². The fourth-order valence-corrected chi connectivity index (χ4v) is 4.05. The van der Waals surface area contributed by atoms with Crippen LogP contribution in [0.1, 0.15) is 11.1 Å². The Bertz CT molecular complexity index is 1130. The number of morpholine rings is 1. The van der Waals surface area contributed by atoms with Crippen LogP contribution in [0.4, 0.5) is 11.4 Å². The highest BCUT2D eigenvalue weighted by Gasteiger charge is 2.13. The van der Waals surface area contributed by atoms with Gasteiger partial charge in [0.2, 0.25) is 0 Å². The molecule has 0 N–H and O–H groups in total. The van der Waals surface area contributed by atoms with Gasteiger partial charge in [0.1, 0.15) is 6.61 Å². The molecule has 8 heteroatoms. The van der Waals surface area contributed by atoms with Gasteiger partial charge in [-0.3, -0.25) is 4.99 Å². The number of hydrogen-bond donors (Lipinski definition) is 0. The van der Waals surface area contributed by atoms with Gasteiger partial charge in [0.05, 0.1) is 41.1 Å². The molecule has 0 atom stereocenters. The number of benzene rings is 3. The van der Waals surface area contributed by atoms with Crippen LogP contribution in [0, 0.1) is 0 Å². The molecule has 0 aromatic heterocycles. The summed E-state index contributed by atoms with van der Waals surface area (Å²) in [7, 11) is 1.57. The van der Waals surface area contributed by atoms with Gasteiger partial charge in [-0.2, -0.15) is 0 Å². The number of ether oxygens (including phenoxy) is 3. The second-order valence-electron chi connectivity index (χ2n) is 7.45. The van der Waals surface area contributed by atoms with Crippen molar-refractivity contribution >= 4 is 52.4 Å². The van der Waals surface area contributed by atoms with Gasteiger partial charge in [-0.05, 0) is 59.7 Å². The fourth-order valence-electron chi connectivity index (χ4n) is 3.46. The van der Waals surface area contributed by atoms with Crippen molar-refractivity contribution in [2.75, 3.05) is 38.3 Å². The Labute approximate surface area is 208 Å². The van der Waals surface area contributed by atoms with Crippen molar-refractivity contribution in [3.05, 3.63) is 80.8 Å². The molecule has 1 fully saturated rings. The zero-order valence-electron chi connectivity index (χ0n) is 18.1. The van der Waals surface area contributed by atoms with Crippen LogP contribution in [0.15, 0.2) is 59.6 Å². The van der Waals surface area contributed by atoms with Crippen molar-refractivity contribution in [1.29, 1.82) is 0 Å². The van der Waals surface area contributed by atoms with Crippen LogP contribution in [0.5, 0.6) is 11.5 Å². The fraction of sp³-hybridized carbons (Fsp3) is 0.240. The zero-order valence-corrected chi connectivity index (χ0v) is 20.3. The lowest BCUT2D eigenvalue weighted by atomic mass is 10.2. The zero-order chi connectivity index (χ0) is 23.2. The summed E-state index contributed by atoms with van der Waals surface area (Å²) in [5.41, 5.74) is 3.69. The molecule has 0 radical (unpaired) electrons. The maximum atomic E-state index is 6.50. The first-order valence-corrected chi connectivity index (χ1v) is 11.6. The van der Waals surface area contributed by atoms with Crippen molar-refractivity contribution in [3.8, 4) is 11.5 Å². The van der Waals surface area contributed by atoms with Crippen LogP contribution in [-0.4, -0.2) is 39.6 Å². The van der Waals surface area contributed by atoms with Crippen LogP contribution >= 0.6 is 34.8 Å². The average molecular weight is 506 g/mol. The lowest BCUT2D eigenvalue weighted by molar-refractivity contribution is 0.122. The van der Waals surface area contributed by atoms with E-state index >= 15 is 0 Å². The molecule has 0 spiro atoms. The van der Waals surface area contributed by atoms with Crippen molar-refractivity contribution < 1.29 is 14.2 Å². The van der Waals surface area contributed by atoms with Gasteiger partial charge in [0.25, 0.3) is 0 Å². The molecule has 4 rings (SSSR count). The van der Waals surface area contributed by atoms with Gasteiger partial charge >= 0.3 is 0 Å².